The van der Waals surface area contributed by atoms with E-state index >= 15 is 0 Å². The summed E-state index contributed by atoms with van der Waals surface area (Å²) in [7, 11) is -1.62. The Bertz CT molecular complexity index is 1310. The molecule has 0 saturated carbocycles. The minimum Gasteiger partial charge on any atom is -0.534 e. The molecule has 1 unspecified atom stereocenters. The number of nitrogens with zero attached hydrogens (tertiary/aromatic N) is 3. The van der Waals surface area contributed by atoms with Crippen molar-refractivity contribution in [2.45, 2.75) is 24.8 Å². The first-order chi connectivity index (χ1) is 18.6. The largest absolute Gasteiger partial charge is 0.547 e. The number of fused-ring (bicyclic) bond motifs is 1. The fourth-order valence-electron chi connectivity index (χ4n) is 4.22. The molecule has 3 heterocycles. The van der Waals surface area contributed by atoms with Crippen LogP contribution in [0.3, 0.4) is 0 Å². The maximum atomic E-state index is 13.3. The van der Waals surface area contributed by atoms with Crippen LogP contribution >= 0.6 is 11.3 Å². The highest BCUT2D eigenvalue weighted by atomic mass is 32.1. The molecule has 1 aromatic carbocycles. The lowest BCUT2D eigenvalue weighted by Gasteiger charge is -2.33. The molecule has 2 aliphatic rings. The van der Waals surface area contributed by atoms with Gasteiger partial charge in [0.1, 0.15) is 5.75 Å². The van der Waals surface area contributed by atoms with E-state index in [1.54, 1.807) is 6.07 Å². The molecule has 6 N–H and O–H groups in total. The molecule has 0 aliphatic carbocycles. The molecule has 0 radical (unpaired) electrons. The van der Waals surface area contributed by atoms with Crippen LogP contribution in [0.1, 0.15) is 34.1 Å². The topological polar surface area (TPSA) is 204 Å². The van der Waals surface area contributed by atoms with Crippen LogP contribution in [0.15, 0.2) is 23.6 Å². The van der Waals surface area contributed by atoms with Crippen molar-refractivity contribution in [3.63, 3.8) is 0 Å². The van der Waals surface area contributed by atoms with Gasteiger partial charge in [0.2, 0.25) is 5.91 Å². The van der Waals surface area contributed by atoms with Crippen molar-refractivity contribution in [2.75, 3.05) is 32.0 Å². The number of aromatic carboxylic acids is 1. The van der Waals surface area contributed by atoms with E-state index in [9.17, 15) is 38.5 Å². The normalized spacial score (nSPS) is 17.8. The van der Waals surface area contributed by atoms with Crippen molar-refractivity contribution in [1.29, 1.82) is 0 Å². The Labute approximate surface area is 225 Å². The molecule has 5 amide bonds. The molecule has 0 spiro atoms. The average molecular weight is 562 g/mol. The Kier molecular flexibility index (Phi) is 8.30. The van der Waals surface area contributed by atoms with Gasteiger partial charge in [-0.15, -0.1) is 11.3 Å². The van der Waals surface area contributed by atoms with Gasteiger partial charge in [0, 0.05) is 25.0 Å². The van der Waals surface area contributed by atoms with Gasteiger partial charge in [-0.25, -0.2) is 14.6 Å². The molecule has 4 rings (SSSR count). The molecule has 206 valence electrons. The zero-order valence-electron chi connectivity index (χ0n) is 20.3. The van der Waals surface area contributed by atoms with E-state index in [0.29, 0.717) is 10.5 Å². The van der Waals surface area contributed by atoms with Crippen LogP contribution in [0.4, 0.5) is 14.3 Å². The first-order valence-electron chi connectivity index (χ1n) is 11.8. The summed E-state index contributed by atoms with van der Waals surface area (Å²) in [5.41, 5.74) is 6.02. The van der Waals surface area contributed by atoms with Crippen molar-refractivity contribution >= 4 is 53.3 Å². The number of para-hydroxylation sites is 1. The van der Waals surface area contributed by atoms with Gasteiger partial charge in [0.05, 0.1) is 23.9 Å². The van der Waals surface area contributed by atoms with Gasteiger partial charge in [-0.3, -0.25) is 23.7 Å². The van der Waals surface area contributed by atoms with E-state index in [-0.39, 0.29) is 54.6 Å². The summed E-state index contributed by atoms with van der Waals surface area (Å²) in [5, 5.41) is 26.3. The molecule has 1 aromatic heterocycles. The van der Waals surface area contributed by atoms with Crippen LogP contribution in [0.2, 0.25) is 0 Å². The number of rotatable bonds is 8. The number of hydrogen-bond acceptors (Lipinski definition) is 10. The van der Waals surface area contributed by atoms with Gasteiger partial charge in [-0.1, -0.05) is 12.1 Å². The number of urea groups is 1. The molecule has 0 bridgehead atoms. The smallest absolute Gasteiger partial charge is 0.534 e. The summed E-state index contributed by atoms with van der Waals surface area (Å²) in [4.78, 5) is 68.5. The molecule has 2 aromatic rings. The first kappa shape index (κ1) is 27.8. The third-order valence-electron chi connectivity index (χ3n) is 6.16. The number of thiazole rings is 1. The molecule has 1 fully saturated rings. The minimum atomic E-state index is -1.62. The Hall–Kier alpha value is -4.25. The predicted octanol–water partition coefficient (Wildman–Crippen LogP) is -0.656. The number of aromatic nitrogens is 1. The van der Waals surface area contributed by atoms with Crippen LogP contribution in [-0.2, 0) is 20.8 Å². The molecule has 14 nitrogen and oxygen atoms in total. The zero-order valence-corrected chi connectivity index (χ0v) is 21.1. The lowest BCUT2D eigenvalue weighted by atomic mass is 9.72. The van der Waals surface area contributed by atoms with Crippen molar-refractivity contribution in [2.24, 2.45) is 0 Å². The number of piperazine rings is 1. The highest BCUT2D eigenvalue weighted by molar-refractivity contribution is 7.13. The van der Waals surface area contributed by atoms with Crippen LogP contribution in [0, 0.1) is 0 Å². The van der Waals surface area contributed by atoms with Gasteiger partial charge < -0.3 is 36.1 Å². The van der Waals surface area contributed by atoms with E-state index in [2.05, 4.69) is 15.6 Å². The van der Waals surface area contributed by atoms with E-state index in [0.717, 1.165) is 16.2 Å². The molecule has 39 heavy (non-hydrogen) atoms. The number of carbonyl (C=O) groups excluding carboxylic acids is 4. The number of halogens is 1. The van der Waals surface area contributed by atoms with Crippen LogP contribution in [-0.4, -0.2) is 94.0 Å². The van der Waals surface area contributed by atoms with Crippen molar-refractivity contribution < 1.29 is 43.1 Å². The number of benzene rings is 1. The Morgan fingerprint density at radius 3 is 2.72 bits per heavy atom. The average Bonchev–Trinajstić information content (AvgIpc) is 3.33. The Morgan fingerprint density at radius 2 is 2.05 bits per heavy atom. The number of carbonyl (C=O) groups is 5. The summed E-state index contributed by atoms with van der Waals surface area (Å²) in [6.07, 6.45) is 0.0641. The van der Waals surface area contributed by atoms with Crippen LogP contribution in [0.25, 0.3) is 0 Å². The van der Waals surface area contributed by atoms with Gasteiger partial charge in [-0.2, -0.15) is 0 Å². The van der Waals surface area contributed by atoms with Gasteiger partial charge in [-0.05, 0) is 24.5 Å². The van der Waals surface area contributed by atoms with Crippen LogP contribution < -0.4 is 21.0 Å². The zero-order chi connectivity index (χ0) is 28.3. The number of carboxylic acid groups (broad SMARTS) is 1. The molecular weight excluding hydrogens is 538 g/mol. The number of imide groups is 1. The molecular formula is C22H24BFN6O8S. The molecule has 2 aliphatic heterocycles. The third kappa shape index (κ3) is 5.93. The summed E-state index contributed by atoms with van der Waals surface area (Å²) in [6.45, 7) is -0.804. The monoisotopic (exact) mass is 562 g/mol. The molecule has 17 heteroatoms. The van der Waals surface area contributed by atoms with E-state index in [1.165, 1.54) is 17.5 Å². The molecule has 1 saturated heterocycles. The Morgan fingerprint density at radius 1 is 1.28 bits per heavy atom. The minimum absolute atomic E-state index is 0.00184. The lowest BCUT2D eigenvalue weighted by molar-refractivity contribution is -0.153. The number of anilines is 1. The number of amides is 5. The first-order valence-corrected chi connectivity index (χ1v) is 12.7. The van der Waals surface area contributed by atoms with Gasteiger partial charge in [0.25, 0.3) is 0 Å². The van der Waals surface area contributed by atoms with Crippen molar-refractivity contribution in [3.05, 3.63) is 40.4 Å². The van der Waals surface area contributed by atoms with E-state index in [4.69, 9.17) is 10.4 Å². The maximum absolute atomic E-state index is 13.3. The fraction of sp³-hybridized carbons (Fsp3) is 0.364. The number of nitrogens with one attached hydrogen (secondary N) is 2. The van der Waals surface area contributed by atoms with Crippen molar-refractivity contribution in [3.8, 4) is 5.75 Å². The number of alkyl halides is 1. The second kappa shape index (κ2) is 11.6. The van der Waals surface area contributed by atoms with Crippen molar-refractivity contribution in [1.82, 2.24) is 25.4 Å². The molecule has 2 atom stereocenters. The van der Waals surface area contributed by atoms with E-state index in [1.807, 2.05) is 0 Å². The summed E-state index contributed by atoms with van der Waals surface area (Å²) < 4.78 is 17.9. The predicted molar refractivity (Wildman–Crippen MR) is 134 cm³/mol. The van der Waals surface area contributed by atoms with Gasteiger partial charge >= 0.3 is 30.9 Å². The second-order valence-electron chi connectivity index (χ2n) is 8.71. The Balaban J connectivity index is 1.49. The number of nitrogen functional groups attached to an aromatic ring is 1. The number of hydrogen-bond donors (Lipinski definition) is 5. The number of carboxylic acids is 1. The van der Waals surface area contributed by atoms with Gasteiger partial charge in [0.15, 0.2) is 11.2 Å². The van der Waals surface area contributed by atoms with Crippen LogP contribution in [0.5, 0.6) is 5.75 Å². The quantitative estimate of drug-likeness (QED) is 0.203. The highest BCUT2D eigenvalue weighted by Crippen LogP contribution is 2.30. The SMILES string of the molecule is Nc1nc(C(NC(=O)N2CCN(CCCF)C(=O)C2=O)C(=O)N[C@H]2Cc3cccc(C(=O)O)c3OB2O)cs1. The maximum Gasteiger partial charge on any atom is 0.547 e. The summed E-state index contributed by atoms with van der Waals surface area (Å²) >= 11 is 0.997. The van der Waals surface area contributed by atoms with E-state index < -0.39 is 55.5 Å². The highest BCUT2D eigenvalue weighted by Gasteiger charge is 2.41. The lowest BCUT2D eigenvalue weighted by Crippen LogP contribution is -2.60. The standard InChI is InChI=1S/C22H24BFN6O8S/c24-5-2-6-29-7-8-30(19(33)18(29)32)22(36)28-15(13-10-39-21(25)26-13)17(31)27-14-9-11-3-1-4-12(20(34)35)16(11)38-23(14)37/h1,3-4,10,14-15,37H,2,5-9H2,(H2,25,26)(H,27,31)(H,28,36)(H,34,35)/t14-,15?/m0/s1. The fourth-order valence-corrected chi connectivity index (χ4v) is 4.81. The summed E-state index contributed by atoms with van der Waals surface area (Å²) in [6, 6.07) is 1.89. The second-order valence-corrected chi connectivity index (χ2v) is 9.60. The number of nitrogens with two attached hydrogens (primary N) is 1. The third-order valence-corrected chi connectivity index (χ3v) is 6.85. The summed E-state index contributed by atoms with van der Waals surface area (Å²) in [5.74, 6) is -5.23.